The summed E-state index contributed by atoms with van der Waals surface area (Å²) in [5.41, 5.74) is 1.73. The Morgan fingerprint density at radius 3 is 2.78 bits per heavy atom. The fourth-order valence-corrected chi connectivity index (χ4v) is 2.17. The van der Waals surface area contributed by atoms with Crippen molar-refractivity contribution in [2.24, 2.45) is 5.16 Å². The Bertz CT molecular complexity index is 857. The van der Waals surface area contributed by atoms with E-state index in [4.69, 9.17) is 19.6 Å². The van der Waals surface area contributed by atoms with Gasteiger partial charge in [-0.25, -0.2) is 0 Å². The molecule has 0 spiro atoms. The number of nitriles is 1. The third-order valence-corrected chi connectivity index (χ3v) is 3.30. The van der Waals surface area contributed by atoms with Crippen molar-refractivity contribution < 1.29 is 19.1 Å². The van der Waals surface area contributed by atoms with Gasteiger partial charge >= 0.3 is 0 Å². The minimum absolute atomic E-state index is 0.0362. The molecular weight excluding hydrogens is 346 g/mol. The van der Waals surface area contributed by atoms with Crippen molar-refractivity contribution in [3.05, 3.63) is 53.6 Å². The number of oxime groups is 1. The van der Waals surface area contributed by atoms with Crippen molar-refractivity contribution in [1.82, 2.24) is 0 Å². The Kier molecular flexibility index (Phi) is 7.20. The third kappa shape index (κ3) is 6.36. The van der Waals surface area contributed by atoms with Crippen molar-refractivity contribution >= 4 is 17.8 Å². The van der Waals surface area contributed by atoms with Crippen molar-refractivity contribution in [2.45, 2.75) is 20.0 Å². The van der Waals surface area contributed by atoms with E-state index in [2.05, 4.69) is 10.5 Å². The molecule has 2 aromatic carbocycles. The summed E-state index contributed by atoms with van der Waals surface area (Å²) in [6.45, 7) is 3.62. The number of carbonyl (C=O) groups excluding carboxylic acids is 1. The van der Waals surface area contributed by atoms with Crippen LogP contribution in [0.5, 0.6) is 11.5 Å². The summed E-state index contributed by atoms with van der Waals surface area (Å²) in [6.07, 6.45) is 1.51. The number of hydrogen-bond acceptors (Lipinski definition) is 6. The second-order valence-electron chi connectivity index (χ2n) is 5.83. The molecule has 0 atom stereocenters. The first-order chi connectivity index (χ1) is 13.0. The number of benzene rings is 2. The monoisotopic (exact) mass is 367 g/mol. The molecule has 7 heteroatoms. The van der Waals surface area contributed by atoms with Crippen molar-refractivity contribution in [3.8, 4) is 17.6 Å². The van der Waals surface area contributed by atoms with Crippen LogP contribution in [0.15, 0.2) is 47.6 Å². The summed E-state index contributed by atoms with van der Waals surface area (Å²) in [5.74, 6) is 0.854. The summed E-state index contributed by atoms with van der Waals surface area (Å²) in [4.78, 5) is 16.9. The van der Waals surface area contributed by atoms with Crippen molar-refractivity contribution in [2.75, 3.05) is 19.0 Å². The number of methoxy groups -OCH3 is 1. The van der Waals surface area contributed by atoms with Gasteiger partial charge in [0, 0.05) is 11.3 Å². The zero-order valence-corrected chi connectivity index (χ0v) is 15.4. The zero-order chi connectivity index (χ0) is 19.6. The van der Waals surface area contributed by atoms with Gasteiger partial charge in [0.2, 0.25) is 0 Å². The molecule has 0 saturated heterocycles. The van der Waals surface area contributed by atoms with Gasteiger partial charge in [0.1, 0.15) is 0 Å². The summed E-state index contributed by atoms with van der Waals surface area (Å²) in [5, 5.41) is 15.3. The summed E-state index contributed by atoms with van der Waals surface area (Å²) in [7, 11) is 1.56. The van der Waals surface area contributed by atoms with E-state index in [1.807, 2.05) is 19.9 Å². The molecule has 0 radical (unpaired) electrons. The molecule has 7 nitrogen and oxygen atoms in total. The van der Waals surface area contributed by atoms with Crippen LogP contribution < -0.4 is 14.8 Å². The van der Waals surface area contributed by atoms with Crippen LogP contribution >= 0.6 is 0 Å². The second kappa shape index (κ2) is 9.82. The number of anilines is 1. The number of amides is 1. The number of nitrogens with one attached hydrogen (secondary N) is 1. The lowest BCUT2D eigenvalue weighted by molar-refractivity contribution is -0.120. The topological polar surface area (TPSA) is 92.9 Å². The molecule has 2 aromatic rings. The van der Waals surface area contributed by atoms with E-state index in [0.717, 1.165) is 5.56 Å². The van der Waals surface area contributed by atoms with Crippen LogP contribution in [0.3, 0.4) is 0 Å². The van der Waals surface area contributed by atoms with E-state index < -0.39 is 0 Å². The molecule has 140 valence electrons. The van der Waals surface area contributed by atoms with E-state index in [0.29, 0.717) is 22.7 Å². The average Bonchev–Trinajstić information content (AvgIpc) is 2.66. The number of carbonyl (C=O) groups is 1. The molecule has 0 saturated carbocycles. The van der Waals surface area contributed by atoms with Gasteiger partial charge in [0.15, 0.2) is 18.1 Å². The van der Waals surface area contributed by atoms with E-state index in [1.54, 1.807) is 49.6 Å². The number of hydrogen-bond donors (Lipinski definition) is 1. The highest BCUT2D eigenvalue weighted by Crippen LogP contribution is 2.28. The van der Waals surface area contributed by atoms with Crippen LogP contribution in [0.4, 0.5) is 5.69 Å². The van der Waals surface area contributed by atoms with Gasteiger partial charge in [-0.3, -0.25) is 4.79 Å². The average molecular weight is 367 g/mol. The van der Waals surface area contributed by atoms with Crippen LogP contribution in [0.25, 0.3) is 0 Å². The molecule has 0 heterocycles. The van der Waals surface area contributed by atoms with E-state index in [-0.39, 0.29) is 18.6 Å². The minimum Gasteiger partial charge on any atom is -0.493 e. The lowest BCUT2D eigenvalue weighted by Crippen LogP contribution is -2.17. The SMILES string of the molecule is COc1cc(/C=N\OCC(=O)Nc2cccc(C#N)c2)ccc1OC(C)C. The normalized spacial score (nSPS) is 10.5. The summed E-state index contributed by atoms with van der Waals surface area (Å²) < 4.78 is 10.9. The largest absolute Gasteiger partial charge is 0.493 e. The molecule has 2 rings (SSSR count). The predicted molar refractivity (Wildman–Crippen MR) is 102 cm³/mol. The molecule has 0 aliphatic carbocycles. The van der Waals surface area contributed by atoms with E-state index >= 15 is 0 Å². The van der Waals surface area contributed by atoms with Gasteiger partial charge < -0.3 is 19.6 Å². The first-order valence-corrected chi connectivity index (χ1v) is 8.32. The molecule has 0 aromatic heterocycles. The summed E-state index contributed by atoms with van der Waals surface area (Å²) in [6, 6.07) is 14.0. The van der Waals surface area contributed by atoms with Crippen molar-refractivity contribution in [3.63, 3.8) is 0 Å². The third-order valence-electron chi connectivity index (χ3n) is 3.30. The lowest BCUT2D eigenvalue weighted by Gasteiger charge is -2.13. The Morgan fingerprint density at radius 1 is 1.26 bits per heavy atom. The Morgan fingerprint density at radius 2 is 2.07 bits per heavy atom. The van der Waals surface area contributed by atoms with Crippen LogP contribution in [0.2, 0.25) is 0 Å². The zero-order valence-electron chi connectivity index (χ0n) is 15.4. The Labute approximate surface area is 158 Å². The lowest BCUT2D eigenvalue weighted by atomic mass is 10.2. The van der Waals surface area contributed by atoms with Gasteiger partial charge in [-0.05, 0) is 50.2 Å². The number of ether oxygens (including phenoxy) is 2. The van der Waals surface area contributed by atoms with Crippen LogP contribution in [-0.2, 0) is 9.63 Å². The maximum atomic E-state index is 11.8. The first kappa shape index (κ1) is 19.8. The Hall–Kier alpha value is -3.53. The fraction of sp³-hybridized carbons (Fsp3) is 0.250. The number of nitrogens with zero attached hydrogens (tertiary/aromatic N) is 2. The molecule has 27 heavy (non-hydrogen) atoms. The smallest absolute Gasteiger partial charge is 0.265 e. The maximum Gasteiger partial charge on any atom is 0.265 e. The van der Waals surface area contributed by atoms with Gasteiger partial charge in [0.25, 0.3) is 5.91 Å². The molecule has 0 unspecified atom stereocenters. The standard InChI is InChI=1S/C20H21N3O4/c1-14(2)27-18-8-7-16(10-19(18)25-3)12-22-26-13-20(24)23-17-6-4-5-15(9-17)11-21/h4-10,12,14H,13H2,1-3H3,(H,23,24)/b22-12-. The van der Waals surface area contributed by atoms with E-state index in [1.165, 1.54) is 6.21 Å². The predicted octanol–water partition coefficient (Wildman–Crippen LogP) is 3.34. The highest BCUT2D eigenvalue weighted by atomic mass is 16.6. The van der Waals surface area contributed by atoms with Gasteiger partial charge in [0.05, 0.1) is 31.1 Å². The van der Waals surface area contributed by atoms with Gasteiger partial charge in [-0.1, -0.05) is 11.2 Å². The summed E-state index contributed by atoms with van der Waals surface area (Å²) >= 11 is 0. The van der Waals surface area contributed by atoms with Crippen LogP contribution in [-0.4, -0.2) is 31.9 Å². The van der Waals surface area contributed by atoms with E-state index in [9.17, 15) is 4.79 Å². The molecule has 0 aliphatic heterocycles. The first-order valence-electron chi connectivity index (χ1n) is 8.32. The molecule has 0 bridgehead atoms. The molecular formula is C20H21N3O4. The quantitative estimate of drug-likeness (QED) is 0.570. The fourth-order valence-electron chi connectivity index (χ4n) is 2.17. The molecule has 0 aliphatic rings. The highest BCUT2D eigenvalue weighted by molar-refractivity contribution is 5.91. The van der Waals surface area contributed by atoms with Crippen molar-refractivity contribution in [1.29, 1.82) is 5.26 Å². The second-order valence-corrected chi connectivity index (χ2v) is 5.83. The molecule has 1 amide bonds. The van der Waals surface area contributed by atoms with Gasteiger partial charge in [-0.15, -0.1) is 0 Å². The Balaban J connectivity index is 1.88. The van der Waals surface area contributed by atoms with Gasteiger partial charge in [-0.2, -0.15) is 5.26 Å². The minimum atomic E-state index is -0.375. The molecule has 0 fully saturated rings. The van der Waals surface area contributed by atoms with Crippen LogP contribution in [0.1, 0.15) is 25.0 Å². The maximum absolute atomic E-state index is 11.8. The highest BCUT2D eigenvalue weighted by Gasteiger charge is 2.07. The molecule has 1 N–H and O–H groups in total. The number of rotatable bonds is 8. The van der Waals surface area contributed by atoms with Crippen LogP contribution in [0, 0.1) is 11.3 Å².